The average Bonchev–Trinajstić information content (AvgIpc) is 2.90. The highest BCUT2D eigenvalue weighted by Crippen LogP contribution is 2.34. The highest BCUT2D eigenvalue weighted by molar-refractivity contribution is 6.20. The number of urea groups is 1. The molecule has 3 amide bonds. The molecule has 6 nitrogen and oxygen atoms in total. The molecule has 2 N–H and O–H groups in total. The lowest BCUT2D eigenvalue weighted by molar-refractivity contribution is -0.137. The number of rotatable bonds is 3. The van der Waals surface area contributed by atoms with Crippen LogP contribution in [-0.2, 0) is 11.0 Å². The number of fused-ring (bicyclic) bond motifs is 1. The summed E-state index contributed by atoms with van der Waals surface area (Å²) in [6.45, 7) is 0. The van der Waals surface area contributed by atoms with E-state index in [0.29, 0.717) is 17.0 Å². The van der Waals surface area contributed by atoms with Gasteiger partial charge in [-0.1, -0.05) is 60.7 Å². The predicted molar refractivity (Wildman–Crippen MR) is 119 cm³/mol. The summed E-state index contributed by atoms with van der Waals surface area (Å²) in [5, 5.41) is 4.59. The number of nitrogens with zero attached hydrogens (tertiary/aromatic N) is 2. The molecule has 168 valence electrons. The SMILES string of the molecule is CN1C(=O)C(NC(=O)Nc2ccccc2C(F)(F)F)N=C(c2ccccc2)c2ccccc21. The molecule has 9 heteroatoms. The molecular formula is C24H19F3N4O2. The van der Waals surface area contributed by atoms with E-state index < -0.39 is 35.5 Å². The fourth-order valence-electron chi connectivity index (χ4n) is 3.56. The van der Waals surface area contributed by atoms with Crippen LogP contribution in [0.25, 0.3) is 0 Å². The Morgan fingerprint density at radius 1 is 0.939 bits per heavy atom. The van der Waals surface area contributed by atoms with Gasteiger partial charge in [0.1, 0.15) is 0 Å². The number of halogens is 3. The van der Waals surface area contributed by atoms with Gasteiger partial charge in [0, 0.05) is 18.2 Å². The summed E-state index contributed by atoms with van der Waals surface area (Å²) in [7, 11) is 1.55. The number of hydrogen-bond donors (Lipinski definition) is 2. The van der Waals surface area contributed by atoms with Crippen LogP contribution in [0.2, 0.25) is 0 Å². The van der Waals surface area contributed by atoms with Crippen LogP contribution < -0.4 is 15.5 Å². The molecule has 33 heavy (non-hydrogen) atoms. The van der Waals surface area contributed by atoms with E-state index in [1.54, 1.807) is 19.2 Å². The van der Waals surface area contributed by atoms with Gasteiger partial charge in [0.2, 0.25) is 6.17 Å². The van der Waals surface area contributed by atoms with Crippen LogP contribution in [0.4, 0.5) is 29.3 Å². The van der Waals surface area contributed by atoms with Gasteiger partial charge in [-0.05, 0) is 18.2 Å². The number of amides is 3. The van der Waals surface area contributed by atoms with Crippen molar-refractivity contribution in [3.63, 3.8) is 0 Å². The Balaban J connectivity index is 1.68. The smallest absolute Gasteiger partial charge is 0.311 e. The van der Waals surface area contributed by atoms with Crippen molar-refractivity contribution in [1.82, 2.24) is 5.32 Å². The first kappa shape index (κ1) is 22.1. The van der Waals surface area contributed by atoms with Gasteiger partial charge in [-0.2, -0.15) is 13.2 Å². The molecule has 0 spiro atoms. The van der Waals surface area contributed by atoms with Gasteiger partial charge in [-0.3, -0.25) is 4.79 Å². The molecule has 4 rings (SSSR count). The molecule has 3 aromatic rings. The van der Waals surface area contributed by atoms with Crippen LogP contribution >= 0.6 is 0 Å². The zero-order chi connectivity index (χ0) is 23.6. The minimum absolute atomic E-state index is 0.424. The van der Waals surface area contributed by atoms with E-state index in [2.05, 4.69) is 15.6 Å². The van der Waals surface area contributed by atoms with E-state index in [1.807, 2.05) is 42.5 Å². The minimum Gasteiger partial charge on any atom is -0.311 e. The summed E-state index contributed by atoms with van der Waals surface area (Å²) in [6.07, 6.45) is -6.00. The Kier molecular flexibility index (Phi) is 5.87. The van der Waals surface area contributed by atoms with Gasteiger partial charge < -0.3 is 15.5 Å². The predicted octanol–water partition coefficient (Wildman–Crippen LogP) is 4.67. The van der Waals surface area contributed by atoms with Gasteiger partial charge in [0.05, 0.1) is 22.6 Å². The Bertz CT molecular complexity index is 1230. The quantitative estimate of drug-likeness (QED) is 0.606. The first-order chi connectivity index (χ1) is 15.8. The number of alkyl halides is 3. The Labute approximate surface area is 187 Å². The maximum Gasteiger partial charge on any atom is 0.418 e. The van der Waals surface area contributed by atoms with E-state index in [0.717, 1.165) is 17.7 Å². The molecule has 3 aromatic carbocycles. The van der Waals surface area contributed by atoms with Crippen LogP contribution in [0.1, 0.15) is 16.7 Å². The number of benzodiazepines with no additional fused rings is 1. The van der Waals surface area contributed by atoms with Gasteiger partial charge >= 0.3 is 12.2 Å². The van der Waals surface area contributed by atoms with Crippen molar-refractivity contribution in [2.45, 2.75) is 12.3 Å². The van der Waals surface area contributed by atoms with Gasteiger partial charge in [0.15, 0.2) is 0 Å². The monoisotopic (exact) mass is 452 g/mol. The zero-order valence-corrected chi connectivity index (χ0v) is 17.4. The lowest BCUT2D eigenvalue weighted by Crippen LogP contribution is -2.47. The van der Waals surface area contributed by atoms with Gasteiger partial charge in [-0.15, -0.1) is 0 Å². The molecule has 1 atom stereocenters. The van der Waals surface area contributed by atoms with E-state index in [9.17, 15) is 22.8 Å². The van der Waals surface area contributed by atoms with Crippen molar-refractivity contribution in [2.24, 2.45) is 4.99 Å². The molecular weight excluding hydrogens is 433 g/mol. The minimum atomic E-state index is -4.65. The maximum atomic E-state index is 13.3. The second-order valence-corrected chi connectivity index (χ2v) is 7.30. The Morgan fingerprint density at radius 2 is 1.58 bits per heavy atom. The number of benzene rings is 3. The van der Waals surface area contributed by atoms with E-state index in [1.165, 1.54) is 17.0 Å². The Hall–Kier alpha value is -4.14. The summed E-state index contributed by atoms with van der Waals surface area (Å²) in [4.78, 5) is 31.6. The van der Waals surface area contributed by atoms with Crippen LogP contribution in [-0.4, -0.2) is 30.9 Å². The summed E-state index contributed by atoms with van der Waals surface area (Å²) < 4.78 is 39.8. The highest BCUT2D eigenvalue weighted by atomic mass is 19.4. The Morgan fingerprint density at radius 3 is 2.30 bits per heavy atom. The van der Waals surface area contributed by atoms with Crippen molar-refractivity contribution in [2.75, 3.05) is 17.3 Å². The summed E-state index contributed by atoms with van der Waals surface area (Å²) in [5.74, 6) is -0.535. The first-order valence-corrected chi connectivity index (χ1v) is 9.99. The number of nitrogens with one attached hydrogen (secondary N) is 2. The number of hydrogen-bond acceptors (Lipinski definition) is 3. The van der Waals surface area contributed by atoms with Crippen LogP contribution in [0, 0.1) is 0 Å². The van der Waals surface area contributed by atoms with Crippen LogP contribution in [0.5, 0.6) is 0 Å². The van der Waals surface area contributed by atoms with E-state index >= 15 is 0 Å². The molecule has 0 bridgehead atoms. The molecule has 0 saturated carbocycles. The third-order valence-corrected chi connectivity index (χ3v) is 5.14. The standard InChI is InChI=1S/C24H19F3N4O2/c1-31-19-14-8-5-11-16(19)20(15-9-3-2-4-10-15)29-21(22(31)32)30-23(33)28-18-13-7-6-12-17(18)24(25,26)27/h2-14,21H,1H3,(H2,28,30,33). The second kappa shape index (κ2) is 8.78. The van der Waals surface area contributed by atoms with Crippen molar-refractivity contribution in [3.8, 4) is 0 Å². The number of carbonyl (C=O) groups excluding carboxylic acids is 2. The van der Waals surface area contributed by atoms with E-state index in [-0.39, 0.29) is 0 Å². The van der Waals surface area contributed by atoms with Crippen molar-refractivity contribution < 1.29 is 22.8 Å². The molecule has 0 radical (unpaired) electrons. The number of para-hydroxylation sites is 2. The molecule has 1 unspecified atom stereocenters. The lowest BCUT2D eigenvalue weighted by Gasteiger charge is -2.21. The highest BCUT2D eigenvalue weighted by Gasteiger charge is 2.34. The third kappa shape index (κ3) is 4.57. The summed E-state index contributed by atoms with van der Waals surface area (Å²) >= 11 is 0. The molecule has 0 aliphatic carbocycles. The number of aliphatic imine (C=N–C) groups is 1. The number of carbonyl (C=O) groups is 2. The zero-order valence-electron chi connectivity index (χ0n) is 17.4. The topological polar surface area (TPSA) is 73.8 Å². The van der Waals surface area contributed by atoms with E-state index in [4.69, 9.17) is 0 Å². The number of anilines is 2. The van der Waals surface area contributed by atoms with Gasteiger partial charge in [0.25, 0.3) is 5.91 Å². The van der Waals surface area contributed by atoms with Crippen LogP contribution in [0.15, 0.2) is 83.9 Å². The van der Waals surface area contributed by atoms with Crippen LogP contribution in [0.3, 0.4) is 0 Å². The fourth-order valence-corrected chi connectivity index (χ4v) is 3.56. The fraction of sp³-hybridized carbons (Fsp3) is 0.125. The molecule has 0 saturated heterocycles. The number of likely N-dealkylation sites (N-methyl/N-ethyl adjacent to an activating group) is 1. The third-order valence-electron chi connectivity index (χ3n) is 5.14. The molecule has 1 aliphatic rings. The summed E-state index contributed by atoms with van der Waals surface area (Å²) in [5.41, 5.74) is 1.06. The van der Waals surface area contributed by atoms with Crippen molar-refractivity contribution >= 4 is 29.0 Å². The van der Waals surface area contributed by atoms with Gasteiger partial charge in [-0.25, -0.2) is 9.79 Å². The van der Waals surface area contributed by atoms with Crippen molar-refractivity contribution in [3.05, 3.63) is 95.6 Å². The molecule has 1 aliphatic heterocycles. The second-order valence-electron chi connectivity index (χ2n) is 7.30. The maximum absolute atomic E-state index is 13.3. The first-order valence-electron chi connectivity index (χ1n) is 9.99. The average molecular weight is 452 g/mol. The van der Waals surface area contributed by atoms with Crippen molar-refractivity contribution in [1.29, 1.82) is 0 Å². The molecule has 0 aromatic heterocycles. The summed E-state index contributed by atoms with van der Waals surface area (Å²) in [6, 6.07) is 19.9. The normalized spacial score (nSPS) is 15.9. The lowest BCUT2D eigenvalue weighted by atomic mass is 10.0. The molecule has 1 heterocycles. The largest absolute Gasteiger partial charge is 0.418 e. The molecule has 0 fully saturated rings.